The summed E-state index contributed by atoms with van der Waals surface area (Å²) in [6, 6.07) is 9.85. The van der Waals surface area contributed by atoms with Gasteiger partial charge in [-0.1, -0.05) is 30.3 Å². The van der Waals surface area contributed by atoms with E-state index in [2.05, 4.69) is 5.32 Å². The minimum Gasteiger partial charge on any atom is -0.313 e. The fourth-order valence-corrected chi connectivity index (χ4v) is 1.83. The molecule has 70 valence electrons. The number of benzene rings is 1. The van der Waals surface area contributed by atoms with Crippen LogP contribution in [0, 0.1) is 0 Å². The van der Waals surface area contributed by atoms with Crippen molar-refractivity contribution in [1.82, 2.24) is 5.32 Å². The lowest BCUT2D eigenvalue weighted by Gasteiger charge is -2.17. The largest absolute Gasteiger partial charge is 0.313 e. The molecule has 0 radical (unpaired) electrons. The molecule has 0 amide bonds. The SMILES string of the molecule is FC1(Cc2ccccc2)CCNC1. The Morgan fingerprint density at radius 1 is 1.31 bits per heavy atom. The Morgan fingerprint density at radius 3 is 2.69 bits per heavy atom. The van der Waals surface area contributed by atoms with Gasteiger partial charge in [-0.05, 0) is 18.5 Å². The molecule has 1 aliphatic heterocycles. The van der Waals surface area contributed by atoms with E-state index in [4.69, 9.17) is 0 Å². The molecule has 1 nitrogen and oxygen atoms in total. The Hall–Kier alpha value is -0.890. The van der Waals surface area contributed by atoms with Crippen LogP contribution in [0.5, 0.6) is 0 Å². The van der Waals surface area contributed by atoms with Crippen molar-refractivity contribution < 1.29 is 4.39 Å². The Morgan fingerprint density at radius 2 is 2.08 bits per heavy atom. The van der Waals surface area contributed by atoms with Crippen LogP contribution in [0.4, 0.5) is 4.39 Å². The molecule has 2 heteroatoms. The third-order valence-corrected chi connectivity index (χ3v) is 2.56. The lowest BCUT2D eigenvalue weighted by molar-refractivity contribution is 0.190. The zero-order chi connectivity index (χ0) is 9.15. The van der Waals surface area contributed by atoms with Crippen molar-refractivity contribution in [2.24, 2.45) is 0 Å². The van der Waals surface area contributed by atoms with Gasteiger partial charge in [0.2, 0.25) is 0 Å². The van der Waals surface area contributed by atoms with E-state index in [9.17, 15) is 4.39 Å². The molecule has 0 aromatic heterocycles. The van der Waals surface area contributed by atoms with Gasteiger partial charge in [0.15, 0.2) is 0 Å². The van der Waals surface area contributed by atoms with E-state index in [0.29, 0.717) is 19.4 Å². The first-order valence-electron chi connectivity index (χ1n) is 4.72. The summed E-state index contributed by atoms with van der Waals surface area (Å²) < 4.78 is 13.9. The van der Waals surface area contributed by atoms with E-state index in [0.717, 1.165) is 12.1 Å². The molecule has 0 aliphatic carbocycles. The summed E-state index contributed by atoms with van der Waals surface area (Å²) in [6.45, 7) is 1.31. The molecule has 1 fully saturated rings. The van der Waals surface area contributed by atoms with Crippen molar-refractivity contribution in [3.8, 4) is 0 Å². The maximum atomic E-state index is 13.9. The zero-order valence-electron chi connectivity index (χ0n) is 7.59. The molecule has 1 saturated heterocycles. The van der Waals surface area contributed by atoms with Gasteiger partial charge >= 0.3 is 0 Å². The van der Waals surface area contributed by atoms with Crippen LogP contribution in [0.2, 0.25) is 0 Å². The lowest BCUT2D eigenvalue weighted by atomic mass is 9.96. The first-order valence-corrected chi connectivity index (χ1v) is 4.72. The predicted molar refractivity (Wildman–Crippen MR) is 51.5 cm³/mol. The van der Waals surface area contributed by atoms with Crippen molar-refractivity contribution in [3.63, 3.8) is 0 Å². The Balaban J connectivity index is 2.05. The first kappa shape index (κ1) is 8.70. The van der Waals surface area contributed by atoms with Crippen molar-refractivity contribution in [1.29, 1.82) is 0 Å². The Labute approximate surface area is 78.0 Å². The summed E-state index contributed by atoms with van der Waals surface area (Å²) >= 11 is 0. The minimum atomic E-state index is -1.01. The summed E-state index contributed by atoms with van der Waals surface area (Å²) in [6.07, 6.45) is 1.18. The third-order valence-electron chi connectivity index (χ3n) is 2.56. The normalized spacial score (nSPS) is 27.8. The van der Waals surface area contributed by atoms with E-state index >= 15 is 0 Å². The number of hydrogen-bond acceptors (Lipinski definition) is 1. The molecular weight excluding hydrogens is 165 g/mol. The molecule has 13 heavy (non-hydrogen) atoms. The molecular formula is C11H14FN. The predicted octanol–water partition coefficient (Wildman–Crippen LogP) is 1.93. The highest BCUT2D eigenvalue weighted by Gasteiger charge is 2.33. The van der Waals surface area contributed by atoms with Gasteiger partial charge in [0, 0.05) is 13.0 Å². The molecule has 1 aliphatic rings. The van der Waals surface area contributed by atoms with Gasteiger partial charge in [-0.25, -0.2) is 4.39 Å². The third kappa shape index (κ3) is 2.07. The van der Waals surface area contributed by atoms with Crippen molar-refractivity contribution in [2.45, 2.75) is 18.5 Å². The summed E-state index contributed by atoms with van der Waals surface area (Å²) in [5.41, 5.74) is 0.0788. The summed E-state index contributed by atoms with van der Waals surface area (Å²) in [5, 5.41) is 3.06. The topological polar surface area (TPSA) is 12.0 Å². The lowest BCUT2D eigenvalue weighted by Crippen LogP contribution is -2.28. The molecule has 1 aromatic carbocycles. The molecule has 0 spiro atoms. The van der Waals surface area contributed by atoms with Gasteiger partial charge in [0.1, 0.15) is 5.67 Å². The maximum Gasteiger partial charge on any atom is 0.128 e. The van der Waals surface area contributed by atoms with Crippen molar-refractivity contribution >= 4 is 0 Å². The number of halogens is 1. The highest BCUT2D eigenvalue weighted by Crippen LogP contribution is 2.24. The Kier molecular flexibility index (Phi) is 2.32. The van der Waals surface area contributed by atoms with Crippen LogP contribution < -0.4 is 5.32 Å². The van der Waals surface area contributed by atoms with Crippen LogP contribution >= 0.6 is 0 Å². The number of alkyl halides is 1. The fourth-order valence-electron chi connectivity index (χ4n) is 1.83. The monoisotopic (exact) mass is 179 g/mol. The zero-order valence-corrected chi connectivity index (χ0v) is 7.59. The highest BCUT2D eigenvalue weighted by atomic mass is 19.1. The molecule has 1 N–H and O–H groups in total. The van der Waals surface area contributed by atoms with E-state index in [1.165, 1.54) is 0 Å². The summed E-state index contributed by atoms with van der Waals surface area (Å²) in [7, 11) is 0. The standard InChI is InChI=1S/C11H14FN/c12-11(6-7-13-9-11)8-10-4-2-1-3-5-10/h1-5,13H,6-9H2. The van der Waals surface area contributed by atoms with E-state index in [1.807, 2.05) is 30.3 Å². The van der Waals surface area contributed by atoms with Gasteiger partial charge < -0.3 is 5.32 Å². The molecule has 1 heterocycles. The van der Waals surface area contributed by atoms with Gasteiger partial charge in [0.05, 0.1) is 0 Å². The van der Waals surface area contributed by atoms with Crippen molar-refractivity contribution in [2.75, 3.05) is 13.1 Å². The average Bonchev–Trinajstić information content (AvgIpc) is 2.54. The van der Waals surface area contributed by atoms with Crippen LogP contribution in [0.15, 0.2) is 30.3 Å². The Bertz CT molecular complexity index is 265. The van der Waals surface area contributed by atoms with Crippen LogP contribution in [0.3, 0.4) is 0 Å². The van der Waals surface area contributed by atoms with E-state index in [1.54, 1.807) is 0 Å². The van der Waals surface area contributed by atoms with Gasteiger partial charge in [-0.2, -0.15) is 0 Å². The second kappa shape index (κ2) is 3.46. The quantitative estimate of drug-likeness (QED) is 0.731. The summed E-state index contributed by atoms with van der Waals surface area (Å²) in [4.78, 5) is 0. The fraction of sp³-hybridized carbons (Fsp3) is 0.455. The molecule has 2 rings (SSSR count). The molecule has 0 saturated carbocycles. The number of rotatable bonds is 2. The van der Waals surface area contributed by atoms with E-state index in [-0.39, 0.29) is 0 Å². The number of hydrogen-bond donors (Lipinski definition) is 1. The molecule has 1 aromatic rings. The highest BCUT2D eigenvalue weighted by molar-refractivity contribution is 5.17. The second-order valence-electron chi connectivity index (χ2n) is 3.74. The van der Waals surface area contributed by atoms with Crippen LogP contribution in [-0.2, 0) is 6.42 Å². The second-order valence-corrected chi connectivity index (χ2v) is 3.74. The molecule has 1 unspecified atom stereocenters. The average molecular weight is 179 g/mol. The van der Waals surface area contributed by atoms with Gasteiger partial charge in [-0.3, -0.25) is 0 Å². The smallest absolute Gasteiger partial charge is 0.128 e. The van der Waals surface area contributed by atoms with Gasteiger partial charge in [-0.15, -0.1) is 0 Å². The molecule has 1 atom stereocenters. The summed E-state index contributed by atoms with van der Waals surface area (Å²) in [5.74, 6) is 0. The van der Waals surface area contributed by atoms with Crippen LogP contribution in [-0.4, -0.2) is 18.8 Å². The maximum absolute atomic E-state index is 13.9. The first-order chi connectivity index (χ1) is 6.29. The van der Waals surface area contributed by atoms with Crippen LogP contribution in [0.1, 0.15) is 12.0 Å². The molecule has 0 bridgehead atoms. The van der Waals surface area contributed by atoms with Crippen LogP contribution in [0.25, 0.3) is 0 Å². The van der Waals surface area contributed by atoms with E-state index < -0.39 is 5.67 Å². The number of nitrogens with one attached hydrogen (secondary N) is 1. The van der Waals surface area contributed by atoms with Gasteiger partial charge in [0.25, 0.3) is 0 Å². The van der Waals surface area contributed by atoms with Crippen molar-refractivity contribution in [3.05, 3.63) is 35.9 Å². The minimum absolute atomic E-state index is 0.502.